The summed E-state index contributed by atoms with van der Waals surface area (Å²) in [6.07, 6.45) is 0. The van der Waals surface area contributed by atoms with Gasteiger partial charge >= 0.3 is 0 Å². The molecule has 0 heterocycles. The topological polar surface area (TPSA) is 41.5 Å². The second-order valence-corrected chi connectivity index (χ2v) is 5.39. The average Bonchev–Trinajstić information content (AvgIpc) is 2.39. The first-order chi connectivity index (χ1) is 9.51. The third-order valence-corrected chi connectivity index (χ3v) is 3.53. The third kappa shape index (κ3) is 3.35. The van der Waals surface area contributed by atoms with Crippen molar-refractivity contribution < 1.29 is 14.2 Å². The van der Waals surface area contributed by atoms with E-state index >= 15 is 0 Å². The van der Waals surface area contributed by atoms with Gasteiger partial charge in [-0.15, -0.1) is 0 Å². The van der Waals surface area contributed by atoms with E-state index < -0.39 is 5.82 Å². The molecular weight excluding hydrogens is 349 g/mol. The van der Waals surface area contributed by atoms with Crippen molar-refractivity contribution in [2.75, 3.05) is 12.4 Å². The summed E-state index contributed by atoms with van der Waals surface area (Å²) in [5, 5.41) is 13.3. The molecule has 0 bridgehead atoms. The van der Waals surface area contributed by atoms with E-state index in [4.69, 9.17) is 16.3 Å². The van der Waals surface area contributed by atoms with Gasteiger partial charge in [0.25, 0.3) is 0 Å². The molecule has 0 aromatic heterocycles. The van der Waals surface area contributed by atoms with Gasteiger partial charge in [-0.25, -0.2) is 4.39 Å². The van der Waals surface area contributed by atoms with Crippen LogP contribution in [0.15, 0.2) is 34.8 Å². The summed E-state index contributed by atoms with van der Waals surface area (Å²) in [5.41, 5.74) is 1.10. The Morgan fingerprint density at radius 2 is 2.10 bits per heavy atom. The summed E-state index contributed by atoms with van der Waals surface area (Å²) in [5.74, 6) is 0.211. The lowest BCUT2D eigenvalue weighted by atomic mass is 10.2. The lowest BCUT2D eigenvalue weighted by Crippen LogP contribution is -2.02. The Labute approximate surface area is 129 Å². The van der Waals surface area contributed by atoms with Gasteiger partial charge in [-0.1, -0.05) is 11.6 Å². The maximum absolute atomic E-state index is 13.2. The number of halogens is 3. The summed E-state index contributed by atoms with van der Waals surface area (Å²) < 4.78 is 19.1. The molecule has 0 aliphatic carbocycles. The lowest BCUT2D eigenvalue weighted by Gasteiger charge is -2.14. The Hall–Kier alpha value is -1.46. The fourth-order valence-electron chi connectivity index (χ4n) is 1.79. The summed E-state index contributed by atoms with van der Waals surface area (Å²) in [6, 6.07) is 7.20. The Kier molecular flexibility index (Phi) is 4.73. The van der Waals surface area contributed by atoms with Crippen molar-refractivity contribution in [1.29, 1.82) is 0 Å². The van der Waals surface area contributed by atoms with E-state index in [2.05, 4.69) is 21.2 Å². The Bertz CT molecular complexity index is 637. The molecule has 6 heteroatoms. The van der Waals surface area contributed by atoms with Crippen LogP contribution >= 0.6 is 27.5 Å². The predicted molar refractivity (Wildman–Crippen MR) is 81.1 cm³/mol. The molecule has 0 atom stereocenters. The number of hydrogen-bond donors (Lipinski definition) is 2. The molecule has 0 fully saturated rings. The second-order valence-electron chi connectivity index (χ2n) is 4.10. The standard InChI is InChI=1S/C14H12BrClFNO2/c1-20-14-11(15)5-9(16)6-12(14)18-7-8-4-10(17)2-3-13(8)19/h2-6,18-19H,7H2,1H3. The quantitative estimate of drug-likeness (QED) is 0.839. The molecule has 2 N–H and O–H groups in total. The lowest BCUT2D eigenvalue weighted by molar-refractivity contribution is 0.413. The van der Waals surface area contributed by atoms with E-state index in [-0.39, 0.29) is 12.3 Å². The molecule has 2 rings (SSSR count). The van der Waals surface area contributed by atoms with Gasteiger partial charge in [0.1, 0.15) is 11.6 Å². The molecule has 0 aliphatic heterocycles. The fourth-order valence-corrected chi connectivity index (χ4v) is 2.76. The molecule has 3 nitrogen and oxygen atoms in total. The number of nitrogens with one attached hydrogen (secondary N) is 1. The highest BCUT2D eigenvalue weighted by atomic mass is 79.9. The number of hydrogen-bond acceptors (Lipinski definition) is 3. The number of benzene rings is 2. The van der Waals surface area contributed by atoms with E-state index in [0.29, 0.717) is 26.5 Å². The van der Waals surface area contributed by atoms with Gasteiger partial charge < -0.3 is 15.2 Å². The van der Waals surface area contributed by atoms with Gasteiger partial charge in [0.05, 0.1) is 17.3 Å². The van der Waals surface area contributed by atoms with Crippen LogP contribution in [-0.2, 0) is 6.54 Å². The number of ether oxygens (including phenoxy) is 1. The van der Waals surface area contributed by atoms with Crippen LogP contribution in [0.4, 0.5) is 10.1 Å². The van der Waals surface area contributed by atoms with Crippen LogP contribution in [0.2, 0.25) is 5.02 Å². The van der Waals surface area contributed by atoms with Crippen LogP contribution in [0.3, 0.4) is 0 Å². The smallest absolute Gasteiger partial charge is 0.156 e. The summed E-state index contributed by atoms with van der Waals surface area (Å²) in [7, 11) is 1.54. The summed E-state index contributed by atoms with van der Waals surface area (Å²) in [4.78, 5) is 0. The zero-order valence-corrected chi connectivity index (χ0v) is 12.9. The first-order valence-corrected chi connectivity index (χ1v) is 6.92. The van der Waals surface area contributed by atoms with Crippen LogP contribution < -0.4 is 10.1 Å². The average molecular weight is 361 g/mol. The molecule has 0 unspecified atom stereocenters. The first kappa shape index (κ1) is 14.9. The molecule has 0 aliphatic rings. The number of rotatable bonds is 4. The van der Waals surface area contributed by atoms with E-state index in [1.54, 1.807) is 19.2 Å². The summed E-state index contributed by atoms with van der Waals surface area (Å²) in [6.45, 7) is 0.243. The van der Waals surface area contributed by atoms with Crippen LogP contribution in [0.25, 0.3) is 0 Å². The zero-order valence-electron chi connectivity index (χ0n) is 10.6. The van der Waals surface area contributed by atoms with E-state index in [1.807, 2.05) is 0 Å². The maximum Gasteiger partial charge on any atom is 0.156 e. The monoisotopic (exact) mass is 359 g/mol. The van der Waals surface area contributed by atoms with Gasteiger partial charge in [0, 0.05) is 17.1 Å². The Balaban J connectivity index is 2.24. The third-order valence-electron chi connectivity index (χ3n) is 2.72. The van der Waals surface area contributed by atoms with Gasteiger partial charge in [-0.2, -0.15) is 0 Å². The molecule has 0 radical (unpaired) electrons. The molecule has 106 valence electrons. The minimum Gasteiger partial charge on any atom is -0.508 e. The first-order valence-electron chi connectivity index (χ1n) is 5.75. The van der Waals surface area contributed by atoms with Crippen molar-refractivity contribution in [2.24, 2.45) is 0 Å². The highest BCUT2D eigenvalue weighted by Crippen LogP contribution is 2.36. The van der Waals surface area contributed by atoms with Crippen molar-refractivity contribution >= 4 is 33.2 Å². The SMILES string of the molecule is COc1c(Br)cc(Cl)cc1NCc1cc(F)ccc1O. The zero-order chi connectivity index (χ0) is 14.7. The number of phenols is 1. The minimum atomic E-state index is -0.404. The molecular formula is C14H12BrClFNO2. The predicted octanol–water partition coefficient (Wildman–Crippen LogP) is 4.57. The van der Waals surface area contributed by atoms with Gasteiger partial charge in [0.2, 0.25) is 0 Å². The molecule has 0 spiro atoms. The largest absolute Gasteiger partial charge is 0.508 e. The summed E-state index contributed by atoms with van der Waals surface area (Å²) >= 11 is 9.33. The Morgan fingerprint density at radius 1 is 1.35 bits per heavy atom. The van der Waals surface area contributed by atoms with Crippen molar-refractivity contribution in [3.63, 3.8) is 0 Å². The van der Waals surface area contributed by atoms with Crippen molar-refractivity contribution in [3.8, 4) is 11.5 Å². The highest BCUT2D eigenvalue weighted by Gasteiger charge is 2.10. The van der Waals surface area contributed by atoms with Crippen LogP contribution in [0.1, 0.15) is 5.56 Å². The second kappa shape index (κ2) is 6.33. The Morgan fingerprint density at radius 3 is 2.80 bits per heavy atom. The molecule has 20 heavy (non-hydrogen) atoms. The minimum absolute atomic E-state index is 0.0268. The van der Waals surface area contributed by atoms with Crippen LogP contribution in [0, 0.1) is 5.82 Å². The number of phenolic OH excluding ortho intramolecular Hbond substituents is 1. The number of anilines is 1. The van der Waals surface area contributed by atoms with Crippen LogP contribution in [-0.4, -0.2) is 12.2 Å². The molecule has 0 saturated carbocycles. The van der Waals surface area contributed by atoms with Gasteiger partial charge in [-0.3, -0.25) is 0 Å². The van der Waals surface area contributed by atoms with Crippen LogP contribution in [0.5, 0.6) is 11.5 Å². The van der Waals surface area contributed by atoms with E-state index in [1.165, 1.54) is 18.2 Å². The van der Waals surface area contributed by atoms with Crippen molar-refractivity contribution in [1.82, 2.24) is 0 Å². The molecule has 2 aromatic rings. The number of aromatic hydroxyl groups is 1. The van der Waals surface area contributed by atoms with Crippen molar-refractivity contribution in [3.05, 3.63) is 51.2 Å². The van der Waals surface area contributed by atoms with E-state index in [0.717, 1.165) is 0 Å². The van der Waals surface area contributed by atoms with Gasteiger partial charge in [0.15, 0.2) is 5.75 Å². The normalized spacial score (nSPS) is 10.4. The number of methoxy groups -OCH3 is 1. The van der Waals surface area contributed by atoms with Gasteiger partial charge in [-0.05, 0) is 46.3 Å². The molecule has 0 amide bonds. The fraction of sp³-hybridized carbons (Fsp3) is 0.143. The molecule has 0 saturated heterocycles. The highest BCUT2D eigenvalue weighted by molar-refractivity contribution is 9.10. The molecule has 2 aromatic carbocycles. The van der Waals surface area contributed by atoms with E-state index in [9.17, 15) is 9.50 Å². The van der Waals surface area contributed by atoms with Crippen molar-refractivity contribution in [2.45, 2.75) is 6.54 Å². The maximum atomic E-state index is 13.2.